The van der Waals surface area contributed by atoms with Gasteiger partial charge in [0.25, 0.3) is 11.8 Å². The van der Waals surface area contributed by atoms with E-state index in [1.807, 2.05) is 34.6 Å². The molecule has 1 aliphatic heterocycles. The number of aliphatic imine (C=N–C) groups is 1. The number of hydrogen-bond acceptors (Lipinski definition) is 5. The average Bonchev–Trinajstić information content (AvgIpc) is 2.83. The lowest BCUT2D eigenvalue weighted by Crippen LogP contribution is -2.41. The lowest BCUT2D eigenvalue weighted by Gasteiger charge is -2.21. The average molecular weight is 346 g/mol. The summed E-state index contributed by atoms with van der Waals surface area (Å²) in [4.78, 5) is 33.0. The summed E-state index contributed by atoms with van der Waals surface area (Å²) >= 11 is 0. The third kappa shape index (κ3) is 3.65. The van der Waals surface area contributed by atoms with Gasteiger partial charge in [0, 0.05) is 12.2 Å². The Kier molecular flexibility index (Phi) is 5.15. The Labute approximate surface area is 148 Å². The van der Waals surface area contributed by atoms with Gasteiger partial charge in [-0.3, -0.25) is 9.59 Å². The van der Waals surface area contributed by atoms with E-state index in [0.717, 1.165) is 0 Å². The number of aromatic nitrogens is 1. The van der Waals surface area contributed by atoms with E-state index in [4.69, 9.17) is 0 Å². The number of carbonyl (C=O) groups excluding carboxylic acids is 2. The van der Waals surface area contributed by atoms with Crippen LogP contribution in [0.2, 0.25) is 0 Å². The van der Waals surface area contributed by atoms with Crippen molar-refractivity contribution in [2.75, 3.05) is 0 Å². The van der Waals surface area contributed by atoms with E-state index >= 15 is 0 Å². The first-order valence-corrected chi connectivity index (χ1v) is 8.47. The molecule has 0 saturated carbocycles. The zero-order chi connectivity index (χ0) is 18.9. The monoisotopic (exact) mass is 346 g/mol. The van der Waals surface area contributed by atoms with E-state index in [9.17, 15) is 14.7 Å². The summed E-state index contributed by atoms with van der Waals surface area (Å²) in [5.74, 6) is -0.222. The van der Waals surface area contributed by atoms with Gasteiger partial charge in [-0.15, -0.1) is 0 Å². The minimum atomic E-state index is -0.897. The number of carbonyl (C=O) groups is 2. The van der Waals surface area contributed by atoms with Gasteiger partial charge in [0.05, 0.1) is 5.56 Å². The first kappa shape index (κ1) is 18.9. The molecule has 0 saturated heterocycles. The van der Waals surface area contributed by atoms with Crippen LogP contribution in [0.25, 0.3) is 0 Å². The van der Waals surface area contributed by atoms with E-state index in [-0.39, 0.29) is 46.6 Å². The smallest absolute Gasteiger partial charge is 0.253 e. The van der Waals surface area contributed by atoms with Gasteiger partial charge in [-0.25, -0.2) is 9.98 Å². The molecule has 2 amide bonds. The SMILES string of the molecule is CC(C)C(C)NC(=O)c1cnc(C2=NC(C)(C(C)C)C(=O)N2)c(O)c1. The highest BCUT2D eigenvalue weighted by atomic mass is 16.3. The van der Waals surface area contributed by atoms with Gasteiger partial charge in [-0.2, -0.15) is 0 Å². The molecule has 0 spiro atoms. The molecule has 2 heterocycles. The second kappa shape index (κ2) is 6.82. The van der Waals surface area contributed by atoms with E-state index in [0.29, 0.717) is 5.92 Å². The van der Waals surface area contributed by atoms with Crippen LogP contribution in [0.3, 0.4) is 0 Å². The first-order valence-electron chi connectivity index (χ1n) is 8.47. The molecule has 3 N–H and O–H groups in total. The number of aromatic hydroxyl groups is 1. The van der Waals surface area contributed by atoms with E-state index in [1.165, 1.54) is 12.3 Å². The van der Waals surface area contributed by atoms with Crippen molar-refractivity contribution >= 4 is 17.6 Å². The second-order valence-corrected chi connectivity index (χ2v) is 7.31. The fraction of sp³-hybridized carbons (Fsp3) is 0.556. The molecular formula is C18H26N4O3. The van der Waals surface area contributed by atoms with E-state index < -0.39 is 5.54 Å². The molecule has 0 fully saturated rings. The van der Waals surface area contributed by atoms with Gasteiger partial charge in [0.2, 0.25) is 0 Å². The standard InChI is InChI=1S/C18H26N4O3/c1-9(2)11(5)20-16(24)12-7-13(23)14(19-8-12)15-21-17(25)18(6,22-15)10(3)4/h7-11,23H,1-6H3,(H,20,24)(H,21,22,25). The van der Waals surface area contributed by atoms with Crippen LogP contribution in [-0.4, -0.2) is 39.3 Å². The topological polar surface area (TPSA) is 104 Å². The maximum Gasteiger partial charge on any atom is 0.253 e. The summed E-state index contributed by atoms with van der Waals surface area (Å²) in [5.41, 5.74) is -0.483. The molecule has 1 aromatic rings. The Morgan fingerprint density at radius 1 is 1.28 bits per heavy atom. The normalized spacial score (nSPS) is 21.3. The summed E-state index contributed by atoms with van der Waals surface area (Å²) in [5, 5.41) is 15.8. The van der Waals surface area contributed by atoms with Gasteiger partial charge in [0.1, 0.15) is 17.0 Å². The molecule has 1 aromatic heterocycles. The van der Waals surface area contributed by atoms with Crippen molar-refractivity contribution in [3.8, 4) is 5.75 Å². The van der Waals surface area contributed by atoms with Crippen LogP contribution < -0.4 is 10.6 Å². The molecule has 25 heavy (non-hydrogen) atoms. The van der Waals surface area contributed by atoms with Crippen LogP contribution in [0.1, 0.15) is 57.6 Å². The Balaban J connectivity index is 2.26. The molecule has 1 aliphatic rings. The number of amidine groups is 1. The van der Waals surface area contributed by atoms with E-state index in [1.54, 1.807) is 6.92 Å². The van der Waals surface area contributed by atoms with Gasteiger partial charge < -0.3 is 15.7 Å². The predicted molar refractivity (Wildman–Crippen MR) is 95.6 cm³/mol. The molecule has 0 radical (unpaired) electrons. The summed E-state index contributed by atoms with van der Waals surface area (Å²) in [6, 6.07) is 1.34. The van der Waals surface area contributed by atoms with Crippen molar-refractivity contribution in [2.45, 2.75) is 53.1 Å². The molecule has 0 aliphatic carbocycles. The van der Waals surface area contributed by atoms with Gasteiger partial charge in [-0.1, -0.05) is 27.7 Å². The molecule has 0 bridgehead atoms. The largest absolute Gasteiger partial charge is 0.506 e. The number of nitrogens with one attached hydrogen (secondary N) is 2. The van der Waals surface area contributed by atoms with Crippen LogP contribution in [0, 0.1) is 11.8 Å². The number of rotatable bonds is 5. The van der Waals surface area contributed by atoms with Crippen molar-refractivity contribution in [1.29, 1.82) is 0 Å². The zero-order valence-electron chi connectivity index (χ0n) is 15.5. The van der Waals surface area contributed by atoms with Crippen molar-refractivity contribution < 1.29 is 14.7 Å². The van der Waals surface area contributed by atoms with Crippen LogP contribution in [0.4, 0.5) is 0 Å². The summed E-state index contributed by atoms with van der Waals surface area (Å²) in [6.45, 7) is 11.5. The Hall–Kier alpha value is -2.44. The molecule has 2 rings (SSSR count). The maximum atomic E-state index is 12.2. The third-order valence-electron chi connectivity index (χ3n) is 4.87. The van der Waals surface area contributed by atoms with Crippen molar-refractivity contribution in [2.24, 2.45) is 16.8 Å². The fourth-order valence-corrected chi connectivity index (χ4v) is 2.27. The minimum absolute atomic E-state index is 0.000404. The maximum absolute atomic E-state index is 12.2. The molecule has 2 unspecified atom stereocenters. The highest BCUT2D eigenvalue weighted by Crippen LogP contribution is 2.28. The van der Waals surface area contributed by atoms with Gasteiger partial charge in [0.15, 0.2) is 5.84 Å². The molecule has 2 atom stereocenters. The van der Waals surface area contributed by atoms with Crippen LogP contribution >= 0.6 is 0 Å². The van der Waals surface area contributed by atoms with Crippen LogP contribution in [0.15, 0.2) is 17.3 Å². The number of hydrogen-bond donors (Lipinski definition) is 3. The Bertz CT molecular complexity index is 727. The summed E-state index contributed by atoms with van der Waals surface area (Å²) in [7, 11) is 0. The zero-order valence-corrected chi connectivity index (χ0v) is 15.5. The molecule has 7 heteroatoms. The summed E-state index contributed by atoms with van der Waals surface area (Å²) in [6.07, 6.45) is 1.37. The highest BCUT2D eigenvalue weighted by molar-refractivity contribution is 6.15. The second-order valence-electron chi connectivity index (χ2n) is 7.31. The molecular weight excluding hydrogens is 320 g/mol. The van der Waals surface area contributed by atoms with Crippen LogP contribution in [-0.2, 0) is 4.79 Å². The fourth-order valence-electron chi connectivity index (χ4n) is 2.27. The Morgan fingerprint density at radius 3 is 2.40 bits per heavy atom. The lowest BCUT2D eigenvalue weighted by molar-refractivity contribution is -0.124. The third-order valence-corrected chi connectivity index (χ3v) is 4.87. The van der Waals surface area contributed by atoms with E-state index in [2.05, 4.69) is 20.6 Å². The predicted octanol–water partition coefficient (Wildman–Crippen LogP) is 1.85. The van der Waals surface area contributed by atoms with Crippen molar-refractivity contribution in [1.82, 2.24) is 15.6 Å². The highest BCUT2D eigenvalue weighted by Gasteiger charge is 2.42. The molecule has 7 nitrogen and oxygen atoms in total. The minimum Gasteiger partial charge on any atom is -0.506 e. The van der Waals surface area contributed by atoms with Gasteiger partial charge >= 0.3 is 0 Å². The molecule has 0 aromatic carbocycles. The summed E-state index contributed by atoms with van der Waals surface area (Å²) < 4.78 is 0. The van der Waals surface area contributed by atoms with Crippen molar-refractivity contribution in [3.05, 3.63) is 23.5 Å². The number of amides is 2. The number of pyridine rings is 1. The number of nitrogens with zero attached hydrogens (tertiary/aromatic N) is 2. The Morgan fingerprint density at radius 2 is 1.92 bits per heavy atom. The first-order chi connectivity index (χ1) is 11.6. The van der Waals surface area contributed by atoms with Crippen LogP contribution in [0.5, 0.6) is 5.75 Å². The van der Waals surface area contributed by atoms with Crippen molar-refractivity contribution in [3.63, 3.8) is 0 Å². The van der Waals surface area contributed by atoms with Gasteiger partial charge in [-0.05, 0) is 31.7 Å². The lowest BCUT2D eigenvalue weighted by atomic mass is 9.89. The quantitative estimate of drug-likeness (QED) is 0.757. The molecule has 136 valence electrons.